The number of hydrogen-bond donors (Lipinski definition) is 3. The highest BCUT2D eigenvalue weighted by molar-refractivity contribution is 6.04. The number of nitrogens with one attached hydrogen (secondary N) is 2. The second-order valence-corrected chi connectivity index (χ2v) is 8.34. The van der Waals surface area contributed by atoms with Crippen molar-refractivity contribution in [3.63, 3.8) is 0 Å². The van der Waals surface area contributed by atoms with Crippen molar-refractivity contribution in [2.24, 2.45) is 5.73 Å². The van der Waals surface area contributed by atoms with E-state index in [0.29, 0.717) is 37.1 Å². The number of piperidine rings is 1. The number of nitrogens with two attached hydrogens (primary N) is 1. The maximum absolute atomic E-state index is 13.8. The fourth-order valence-corrected chi connectivity index (χ4v) is 4.38. The number of hydrogen-bond acceptors (Lipinski definition) is 4. The van der Waals surface area contributed by atoms with Gasteiger partial charge < -0.3 is 15.1 Å². The van der Waals surface area contributed by atoms with E-state index in [9.17, 15) is 22.8 Å². The lowest BCUT2D eigenvalue weighted by atomic mass is 9.85. The Morgan fingerprint density at radius 2 is 1.76 bits per heavy atom. The quantitative estimate of drug-likeness (QED) is 0.387. The van der Waals surface area contributed by atoms with Gasteiger partial charge in [0.25, 0.3) is 11.8 Å². The highest BCUT2D eigenvalue weighted by Crippen LogP contribution is 2.39. The van der Waals surface area contributed by atoms with Gasteiger partial charge in [-0.2, -0.15) is 13.2 Å². The summed E-state index contributed by atoms with van der Waals surface area (Å²) < 4.78 is 46.9. The molecule has 7 nitrogen and oxygen atoms in total. The zero-order chi connectivity index (χ0) is 24.6. The second-order valence-electron chi connectivity index (χ2n) is 8.34. The largest absolute Gasteiger partial charge is 0.461 e. The summed E-state index contributed by atoms with van der Waals surface area (Å²) in [7, 11) is 0. The molecule has 0 unspecified atom stereocenters. The number of aryl methyl sites for hydroxylation is 1. The monoisotopic (exact) mass is 472 g/mol. The molecule has 0 aliphatic carbocycles. The van der Waals surface area contributed by atoms with Crippen molar-refractivity contribution in [1.82, 2.24) is 10.2 Å². The first-order chi connectivity index (χ1) is 16.0. The molecule has 0 saturated carbocycles. The van der Waals surface area contributed by atoms with E-state index < -0.39 is 29.5 Å². The second kappa shape index (κ2) is 8.85. The highest BCUT2D eigenvalue weighted by Gasteiger charge is 2.37. The number of halogens is 3. The van der Waals surface area contributed by atoms with Crippen LogP contribution in [-0.2, 0) is 6.18 Å². The first-order valence-corrected chi connectivity index (χ1v) is 10.7. The fraction of sp³-hybridized carbons (Fsp3) is 0.292. The van der Waals surface area contributed by atoms with E-state index >= 15 is 0 Å². The third-order valence-corrected chi connectivity index (χ3v) is 5.98. The molecule has 4 N–H and O–H groups in total. The first kappa shape index (κ1) is 23.3. The van der Waals surface area contributed by atoms with Crippen LogP contribution in [0.5, 0.6) is 0 Å². The number of carbonyl (C=O) groups is 2. The highest BCUT2D eigenvalue weighted by atomic mass is 19.4. The lowest BCUT2D eigenvalue weighted by Crippen LogP contribution is -2.38. The molecule has 3 aromatic rings. The Bertz CT molecular complexity index is 1270. The average Bonchev–Trinajstić information content (AvgIpc) is 3.16. The topological polar surface area (TPSA) is 112 Å². The SMILES string of the molecule is Cc1cc2cc(C(=O)N3CCC(c4ccc(C(=O)NC(=N)N)cc4C(F)(F)F)CC3)ccc2o1. The van der Waals surface area contributed by atoms with Crippen LogP contribution in [0, 0.1) is 12.3 Å². The molecule has 1 aliphatic rings. The van der Waals surface area contributed by atoms with Crippen LogP contribution >= 0.6 is 0 Å². The Morgan fingerprint density at radius 3 is 2.41 bits per heavy atom. The number of nitrogens with zero attached hydrogens (tertiary/aromatic N) is 1. The molecule has 2 amide bonds. The van der Waals surface area contributed by atoms with E-state index in [1.807, 2.05) is 18.3 Å². The number of alkyl halides is 3. The van der Waals surface area contributed by atoms with Crippen LogP contribution in [-0.4, -0.2) is 35.8 Å². The molecule has 34 heavy (non-hydrogen) atoms. The Labute approximate surface area is 193 Å². The van der Waals surface area contributed by atoms with Gasteiger partial charge in [0.05, 0.1) is 5.56 Å². The summed E-state index contributed by atoms with van der Waals surface area (Å²) in [4.78, 5) is 26.6. The predicted octanol–water partition coefficient (Wildman–Crippen LogP) is 4.40. The molecule has 10 heteroatoms. The maximum Gasteiger partial charge on any atom is 0.416 e. The van der Waals surface area contributed by atoms with Gasteiger partial charge in [0.2, 0.25) is 0 Å². The summed E-state index contributed by atoms with van der Waals surface area (Å²) in [6.45, 7) is 2.45. The maximum atomic E-state index is 13.8. The van der Waals surface area contributed by atoms with Gasteiger partial charge in [-0.3, -0.25) is 20.3 Å². The van der Waals surface area contributed by atoms with Gasteiger partial charge >= 0.3 is 6.18 Å². The van der Waals surface area contributed by atoms with Crippen molar-refractivity contribution < 1.29 is 27.2 Å². The number of fused-ring (bicyclic) bond motifs is 1. The molecule has 2 heterocycles. The van der Waals surface area contributed by atoms with Crippen molar-refractivity contribution in [3.8, 4) is 0 Å². The van der Waals surface area contributed by atoms with Crippen LogP contribution in [0.15, 0.2) is 46.9 Å². The van der Waals surface area contributed by atoms with Crippen LogP contribution in [0.4, 0.5) is 13.2 Å². The number of amides is 2. The minimum atomic E-state index is -4.66. The molecule has 1 aromatic heterocycles. The molecule has 1 saturated heterocycles. The van der Waals surface area contributed by atoms with E-state index in [0.717, 1.165) is 17.2 Å². The number of benzene rings is 2. The van der Waals surface area contributed by atoms with Gasteiger partial charge in [-0.05, 0) is 67.6 Å². The Hall–Kier alpha value is -3.82. The smallest absolute Gasteiger partial charge is 0.416 e. The molecule has 0 atom stereocenters. The van der Waals surface area contributed by atoms with Gasteiger partial charge in [-0.25, -0.2) is 0 Å². The summed E-state index contributed by atoms with van der Waals surface area (Å²) in [6, 6.07) is 10.4. The van der Waals surface area contributed by atoms with Gasteiger partial charge in [-0.15, -0.1) is 0 Å². The molecule has 4 rings (SSSR count). The molecular weight excluding hydrogens is 449 g/mol. The van der Waals surface area contributed by atoms with E-state index in [4.69, 9.17) is 15.6 Å². The average molecular weight is 472 g/mol. The normalized spacial score (nSPS) is 14.9. The van der Waals surface area contributed by atoms with Crippen LogP contribution in [0.25, 0.3) is 11.0 Å². The molecule has 2 aromatic carbocycles. The van der Waals surface area contributed by atoms with Gasteiger partial charge in [0.1, 0.15) is 11.3 Å². The Kier molecular flexibility index (Phi) is 6.07. The van der Waals surface area contributed by atoms with Crippen LogP contribution < -0.4 is 11.1 Å². The third kappa shape index (κ3) is 4.75. The van der Waals surface area contributed by atoms with Crippen LogP contribution in [0.1, 0.15) is 56.4 Å². The van der Waals surface area contributed by atoms with Gasteiger partial charge in [0.15, 0.2) is 5.96 Å². The molecule has 178 valence electrons. The van der Waals surface area contributed by atoms with Crippen molar-refractivity contribution in [1.29, 1.82) is 5.41 Å². The van der Waals surface area contributed by atoms with Gasteiger partial charge in [0, 0.05) is 29.6 Å². The van der Waals surface area contributed by atoms with Crippen LogP contribution in [0.3, 0.4) is 0 Å². The number of rotatable bonds is 3. The predicted molar refractivity (Wildman–Crippen MR) is 120 cm³/mol. The number of furan rings is 1. The van der Waals surface area contributed by atoms with E-state index in [1.165, 1.54) is 12.1 Å². The number of carbonyl (C=O) groups excluding carboxylic acids is 2. The molecule has 1 fully saturated rings. The van der Waals surface area contributed by atoms with Crippen molar-refractivity contribution in [2.45, 2.75) is 31.9 Å². The molecule has 0 spiro atoms. The molecule has 0 radical (unpaired) electrons. The van der Waals surface area contributed by atoms with Crippen molar-refractivity contribution in [2.75, 3.05) is 13.1 Å². The summed E-state index contributed by atoms with van der Waals surface area (Å²) in [5.41, 5.74) is 5.26. The third-order valence-electron chi connectivity index (χ3n) is 5.98. The summed E-state index contributed by atoms with van der Waals surface area (Å²) in [5, 5.41) is 9.91. The number of guanidine groups is 1. The fourth-order valence-electron chi connectivity index (χ4n) is 4.38. The van der Waals surface area contributed by atoms with E-state index in [-0.39, 0.29) is 17.0 Å². The van der Waals surface area contributed by atoms with Crippen molar-refractivity contribution >= 4 is 28.7 Å². The molecular formula is C24H23F3N4O3. The summed E-state index contributed by atoms with van der Waals surface area (Å²) in [5.74, 6) is -1.38. The zero-order valence-electron chi connectivity index (χ0n) is 18.3. The lowest BCUT2D eigenvalue weighted by molar-refractivity contribution is -0.138. The molecule has 1 aliphatic heterocycles. The summed E-state index contributed by atoms with van der Waals surface area (Å²) >= 11 is 0. The summed E-state index contributed by atoms with van der Waals surface area (Å²) in [6.07, 6.45) is -3.94. The van der Waals surface area contributed by atoms with Gasteiger partial charge in [-0.1, -0.05) is 6.07 Å². The standard InChI is InChI=1S/C24H23F3N4O3/c1-13-10-17-11-16(3-5-20(17)34-13)22(33)31-8-6-14(7-9-31)18-4-2-15(21(32)30-23(28)29)12-19(18)24(25,26)27/h2-5,10-12,14H,6-9H2,1H3,(H4,28,29,30,32). The minimum Gasteiger partial charge on any atom is -0.461 e. The first-order valence-electron chi connectivity index (χ1n) is 10.7. The lowest BCUT2D eigenvalue weighted by Gasteiger charge is -2.33. The Morgan fingerprint density at radius 1 is 1.09 bits per heavy atom. The van der Waals surface area contributed by atoms with Crippen molar-refractivity contribution in [3.05, 3.63) is 70.5 Å². The zero-order valence-corrected chi connectivity index (χ0v) is 18.3. The van der Waals surface area contributed by atoms with E-state index in [1.54, 1.807) is 23.1 Å². The number of likely N-dealkylation sites (tertiary alicyclic amines) is 1. The minimum absolute atomic E-state index is 0.0919. The van der Waals surface area contributed by atoms with Crippen LogP contribution in [0.2, 0.25) is 0 Å². The molecule has 0 bridgehead atoms. The van der Waals surface area contributed by atoms with E-state index in [2.05, 4.69) is 0 Å². The Balaban J connectivity index is 1.51.